The van der Waals surface area contributed by atoms with E-state index < -0.39 is 0 Å². The SMILES string of the molecule is C1CNCCN(c2n[nH]c(C3C4C5CCC(C5)C34)n2)C1. The van der Waals surface area contributed by atoms with Crippen molar-refractivity contribution in [1.29, 1.82) is 0 Å². The summed E-state index contributed by atoms with van der Waals surface area (Å²) in [7, 11) is 0. The molecule has 108 valence electrons. The van der Waals surface area contributed by atoms with E-state index in [4.69, 9.17) is 4.98 Å². The van der Waals surface area contributed by atoms with Crippen LogP contribution in [-0.4, -0.2) is 41.4 Å². The average Bonchev–Trinajstić information content (AvgIpc) is 2.76. The maximum atomic E-state index is 4.85. The molecule has 2 heterocycles. The lowest BCUT2D eigenvalue weighted by molar-refractivity contribution is 0.456. The fourth-order valence-corrected chi connectivity index (χ4v) is 5.29. The first kappa shape index (κ1) is 11.5. The number of H-pyrrole nitrogens is 1. The molecule has 2 bridgehead atoms. The second kappa shape index (κ2) is 4.20. The van der Waals surface area contributed by atoms with Crippen molar-refractivity contribution in [2.45, 2.75) is 31.6 Å². The lowest BCUT2D eigenvalue weighted by Crippen LogP contribution is -2.28. The summed E-state index contributed by atoms with van der Waals surface area (Å²) in [6.45, 7) is 4.26. The minimum Gasteiger partial charge on any atom is -0.338 e. The molecule has 4 fully saturated rings. The molecule has 0 amide bonds. The lowest BCUT2D eigenvalue weighted by Gasteiger charge is -2.16. The van der Waals surface area contributed by atoms with Crippen LogP contribution in [0.15, 0.2) is 0 Å². The molecule has 4 atom stereocenters. The first-order valence-corrected chi connectivity index (χ1v) is 8.30. The van der Waals surface area contributed by atoms with Crippen molar-refractivity contribution in [2.24, 2.45) is 23.7 Å². The van der Waals surface area contributed by atoms with Crippen molar-refractivity contribution in [3.8, 4) is 0 Å². The van der Waals surface area contributed by atoms with Crippen LogP contribution >= 0.6 is 0 Å². The largest absolute Gasteiger partial charge is 0.338 e. The molecular formula is C15H23N5. The molecule has 5 heteroatoms. The number of nitrogens with zero attached hydrogens (tertiary/aromatic N) is 3. The zero-order valence-electron chi connectivity index (χ0n) is 11.9. The number of fused-ring (bicyclic) bond motifs is 5. The zero-order valence-corrected chi connectivity index (χ0v) is 11.9. The summed E-state index contributed by atoms with van der Waals surface area (Å²) in [6, 6.07) is 0. The second-order valence-electron chi connectivity index (χ2n) is 7.12. The van der Waals surface area contributed by atoms with Gasteiger partial charge in [0, 0.05) is 25.6 Å². The molecule has 0 radical (unpaired) electrons. The third-order valence-electron chi connectivity index (χ3n) is 6.16. The van der Waals surface area contributed by atoms with E-state index >= 15 is 0 Å². The third-order valence-corrected chi connectivity index (χ3v) is 6.16. The highest BCUT2D eigenvalue weighted by atomic mass is 15.4. The van der Waals surface area contributed by atoms with Crippen LogP contribution in [0.2, 0.25) is 0 Å². The Labute approximate surface area is 119 Å². The van der Waals surface area contributed by atoms with Gasteiger partial charge in [0.25, 0.3) is 0 Å². The summed E-state index contributed by atoms with van der Waals surface area (Å²) >= 11 is 0. The molecule has 20 heavy (non-hydrogen) atoms. The topological polar surface area (TPSA) is 56.8 Å². The van der Waals surface area contributed by atoms with Crippen LogP contribution in [0.5, 0.6) is 0 Å². The summed E-state index contributed by atoms with van der Waals surface area (Å²) in [4.78, 5) is 7.17. The zero-order chi connectivity index (χ0) is 13.1. The van der Waals surface area contributed by atoms with Gasteiger partial charge in [-0.3, -0.25) is 5.10 Å². The van der Waals surface area contributed by atoms with Gasteiger partial charge in [0.15, 0.2) is 0 Å². The number of hydrogen-bond acceptors (Lipinski definition) is 4. The highest BCUT2D eigenvalue weighted by Gasteiger charge is 2.66. The second-order valence-corrected chi connectivity index (χ2v) is 7.12. The molecule has 5 rings (SSSR count). The number of nitrogens with one attached hydrogen (secondary N) is 2. The maximum absolute atomic E-state index is 4.85. The summed E-state index contributed by atoms with van der Waals surface area (Å²) in [6.07, 6.45) is 5.63. The van der Waals surface area contributed by atoms with E-state index in [-0.39, 0.29) is 0 Å². The Morgan fingerprint density at radius 2 is 1.90 bits per heavy atom. The van der Waals surface area contributed by atoms with Crippen molar-refractivity contribution in [3.63, 3.8) is 0 Å². The molecule has 5 nitrogen and oxygen atoms in total. The van der Waals surface area contributed by atoms with Crippen LogP contribution in [0.4, 0.5) is 5.95 Å². The van der Waals surface area contributed by atoms with Gasteiger partial charge >= 0.3 is 0 Å². The van der Waals surface area contributed by atoms with Gasteiger partial charge in [0.1, 0.15) is 5.82 Å². The number of aromatic nitrogens is 3. The molecule has 0 aromatic carbocycles. The van der Waals surface area contributed by atoms with Crippen LogP contribution in [0, 0.1) is 23.7 Å². The van der Waals surface area contributed by atoms with E-state index in [1.54, 1.807) is 0 Å². The van der Waals surface area contributed by atoms with Crippen molar-refractivity contribution in [2.75, 3.05) is 31.1 Å². The molecule has 1 aliphatic heterocycles. The Morgan fingerprint density at radius 3 is 2.75 bits per heavy atom. The van der Waals surface area contributed by atoms with Gasteiger partial charge in [0.05, 0.1) is 0 Å². The highest BCUT2D eigenvalue weighted by molar-refractivity contribution is 5.32. The molecule has 0 spiro atoms. The van der Waals surface area contributed by atoms with Crippen LogP contribution in [-0.2, 0) is 0 Å². The van der Waals surface area contributed by atoms with Gasteiger partial charge in [-0.2, -0.15) is 4.98 Å². The van der Waals surface area contributed by atoms with Crippen LogP contribution < -0.4 is 10.2 Å². The Morgan fingerprint density at radius 1 is 1.05 bits per heavy atom. The average molecular weight is 273 g/mol. The van der Waals surface area contributed by atoms with E-state index in [1.807, 2.05) is 0 Å². The van der Waals surface area contributed by atoms with Crippen LogP contribution in [0.25, 0.3) is 0 Å². The molecule has 1 saturated heterocycles. The fourth-order valence-electron chi connectivity index (χ4n) is 5.29. The smallest absolute Gasteiger partial charge is 0.244 e. The molecule has 3 saturated carbocycles. The monoisotopic (exact) mass is 273 g/mol. The van der Waals surface area contributed by atoms with Crippen LogP contribution in [0.3, 0.4) is 0 Å². The summed E-state index contributed by atoms with van der Waals surface area (Å²) in [5.74, 6) is 6.73. The van der Waals surface area contributed by atoms with Crippen molar-refractivity contribution < 1.29 is 0 Å². The predicted molar refractivity (Wildman–Crippen MR) is 76.6 cm³/mol. The summed E-state index contributed by atoms with van der Waals surface area (Å²) < 4.78 is 0. The first-order valence-electron chi connectivity index (χ1n) is 8.30. The van der Waals surface area contributed by atoms with E-state index in [1.165, 1.54) is 31.5 Å². The van der Waals surface area contributed by atoms with Crippen molar-refractivity contribution >= 4 is 5.95 Å². The fraction of sp³-hybridized carbons (Fsp3) is 0.867. The van der Waals surface area contributed by atoms with E-state index in [0.29, 0.717) is 5.92 Å². The molecular weight excluding hydrogens is 250 g/mol. The standard InChI is InChI=1S/C15H23N5/c1-4-16-5-7-20(6-1)15-17-14(18-19-15)13-11-9-2-3-10(8-9)12(11)13/h9-13,16H,1-8H2,(H,17,18,19). The number of aromatic amines is 1. The molecule has 3 aliphatic carbocycles. The lowest BCUT2D eigenvalue weighted by atomic mass is 10.0. The minimum absolute atomic E-state index is 0.715. The molecule has 1 aromatic rings. The summed E-state index contributed by atoms with van der Waals surface area (Å²) in [5, 5.41) is 11.2. The number of hydrogen-bond donors (Lipinski definition) is 2. The Hall–Kier alpha value is -1.10. The third kappa shape index (κ3) is 1.59. The van der Waals surface area contributed by atoms with Crippen LogP contribution in [0.1, 0.15) is 37.4 Å². The van der Waals surface area contributed by atoms with Gasteiger partial charge < -0.3 is 10.2 Å². The molecule has 4 unspecified atom stereocenters. The first-order chi connectivity index (χ1) is 9.92. The van der Waals surface area contributed by atoms with Gasteiger partial charge in [-0.1, -0.05) is 0 Å². The Kier molecular flexibility index (Phi) is 2.42. The van der Waals surface area contributed by atoms with E-state index in [2.05, 4.69) is 20.4 Å². The van der Waals surface area contributed by atoms with Gasteiger partial charge in [-0.25, -0.2) is 0 Å². The van der Waals surface area contributed by atoms with Crippen molar-refractivity contribution in [1.82, 2.24) is 20.5 Å². The summed E-state index contributed by atoms with van der Waals surface area (Å²) in [5.41, 5.74) is 0. The highest BCUT2D eigenvalue weighted by Crippen LogP contribution is 2.72. The van der Waals surface area contributed by atoms with E-state index in [9.17, 15) is 0 Å². The number of anilines is 1. The number of rotatable bonds is 2. The molecule has 1 aromatic heterocycles. The minimum atomic E-state index is 0.715. The molecule has 4 aliphatic rings. The van der Waals surface area contributed by atoms with Crippen molar-refractivity contribution in [3.05, 3.63) is 5.82 Å². The van der Waals surface area contributed by atoms with E-state index in [0.717, 1.165) is 55.8 Å². The Bertz CT molecular complexity index is 488. The normalized spacial score (nSPS) is 42.6. The predicted octanol–water partition coefficient (Wildman–Crippen LogP) is 1.36. The maximum Gasteiger partial charge on any atom is 0.244 e. The van der Waals surface area contributed by atoms with Gasteiger partial charge in [0.2, 0.25) is 5.95 Å². The van der Waals surface area contributed by atoms with Gasteiger partial charge in [-0.05, 0) is 55.9 Å². The molecule has 2 N–H and O–H groups in total. The Balaban J connectivity index is 1.34. The quantitative estimate of drug-likeness (QED) is 0.854. The van der Waals surface area contributed by atoms with Gasteiger partial charge in [-0.15, -0.1) is 5.10 Å².